The summed E-state index contributed by atoms with van der Waals surface area (Å²) in [6.45, 7) is 11.4. The van der Waals surface area contributed by atoms with Gasteiger partial charge in [0.15, 0.2) is 0 Å². The molecule has 0 aliphatic carbocycles. The van der Waals surface area contributed by atoms with Gasteiger partial charge in [-0.2, -0.15) is 0 Å². The molecule has 1 heteroatoms. The van der Waals surface area contributed by atoms with Crippen molar-refractivity contribution < 1.29 is 18.9 Å². The molecule has 0 unspecified atom stereocenters. The third kappa shape index (κ3) is 10.7. The van der Waals surface area contributed by atoms with E-state index in [1.807, 2.05) is 0 Å². The topological polar surface area (TPSA) is 0 Å². The van der Waals surface area contributed by atoms with E-state index < -0.39 is 0 Å². The molecule has 0 bridgehead atoms. The van der Waals surface area contributed by atoms with Gasteiger partial charge in [-0.3, -0.25) is 6.08 Å². The van der Waals surface area contributed by atoms with Crippen LogP contribution in [0.1, 0.15) is 20.8 Å². The molecule has 0 N–H and O–H groups in total. The first-order valence-corrected chi connectivity index (χ1v) is 2.12. The Morgan fingerprint density at radius 3 is 1.43 bits per heavy atom. The van der Waals surface area contributed by atoms with Crippen LogP contribution in [0.15, 0.2) is 6.08 Å². The Balaban J connectivity index is 0. The Kier molecular flexibility index (Phi) is 4.96. The van der Waals surface area contributed by atoms with E-state index in [0.717, 1.165) is 0 Å². The van der Waals surface area contributed by atoms with Gasteiger partial charge in [0, 0.05) is 0 Å². The fourth-order valence-electron chi connectivity index (χ4n) is 0. The van der Waals surface area contributed by atoms with Gasteiger partial charge in [-0.15, -0.1) is 0 Å². The average molecular weight is 90.1 g/mol. The molecule has 0 rings (SSSR count). The first-order chi connectivity index (χ1) is 2.56. The molecule has 0 aromatic carbocycles. The van der Waals surface area contributed by atoms with Crippen molar-refractivity contribution in [2.45, 2.75) is 20.8 Å². The first-order valence-electron chi connectivity index (χ1n) is 2.12. The fourth-order valence-corrected chi connectivity index (χ4v) is 0. The zero-order valence-electron chi connectivity index (χ0n) is 5.65. The van der Waals surface area contributed by atoms with Crippen LogP contribution < -0.4 is 18.9 Å². The Bertz CT molecular complexity index is 49.7. The molecule has 0 spiro atoms. The average Bonchev–Trinajstić information content (AvgIpc) is 1.35. The van der Waals surface area contributed by atoms with Crippen molar-refractivity contribution in [1.82, 2.24) is 0 Å². The number of hydrogen-bond acceptors (Lipinski definition) is 0. The zero-order valence-corrected chi connectivity index (χ0v) is 5.65. The van der Waals surface area contributed by atoms with E-state index in [4.69, 9.17) is 6.58 Å². The normalized spacial score (nSPS) is 9.57. The molecule has 0 radical (unpaired) electrons. The predicted octanol–water partition coefficient (Wildman–Crippen LogP) is -0.974. The summed E-state index contributed by atoms with van der Waals surface area (Å²) in [5.74, 6) is 0. The molecule has 0 aliphatic heterocycles. The molecule has 0 aromatic rings. The van der Waals surface area contributed by atoms with Gasteiger partial charge in [0.1, 0.15) is 0 Å². The van der Waals surface area contributed by atoms with Crippen LogP contribution in [0, 0.1) is 12.0 Å². The number of rotatable bonds is 0. The molecule has 36 valence electrons. The molecular formula is C6H11Li. The van der Waals surface area contributed by atoms with Crippen molar-refractivity contribution in [2.24, 2.45) is 5.41 Å². The molecule has 0 fully saturated rings. The first kappa shape index (κ1) is 10.3. The van der Waals surface area contributed by atoms with E-state index in [1.165, 1.54) is 0 Å². The van der Waals surface area contributed by atoms with Gasteiger partial charge in [0.25, 0.3) is 0 Å². The molecule has 0 aromatic heterocycles. The molecule has 0 saturated heterocycles. The van der Waals surface area contributed by atoms with Gasteiger partial charge < -0.3 is 6.58 Å². The van der Waals surface area contributed by atoms with Gasteiger partial charge in [0.2, 0.25) is 0 Å². The number of allylic oxidation sites excluding steroid dienone is 1. The summed E-state index contributed by atoms with van der Waals surface area (Å²) in [6, 6.07) is 0. The maximum Gasteiger partial charge on any atom is 1.00 e. The Morgan fingerprint density at radius 2 is 1.43 bits per heavy atom. The van der Waals surface area contributed by atoms with E-state index in [9.17, 15) is 0 Å². The van der Waals surface area contributed by atoms with Gasteiger partial charge >= 0.3 is 18.9 Å². The summed E-state index contributed by atoms with van der Waals surface area (Å²) >= 11 is 0. The van der Waals surface area contributed by atoms with Gasteiger partial charge in [-0.05, 0) is 0 Å². The van der Waals surface area contributed by atoms with Crippen molar-refractivity contribution in [1.29, 1.82) is 0 Å². The SMILES string of the molecule is [CH-]=CC(C)(C)C.[Li+]. The summed E-state index contributed by atoms with van der Waals surface area (Å²) < 4.78 is 0. The van der Waals surface area contributed by atoms with E-state index in [-0.39, 0.29) is 24.3 Å². The van der Waals surface area contributed by atoms with Crippen LogP contribution in [-0.2, 0) is 0 Å². The van der Waals surface area contributed by atoms with Crippen LogP contribution in [0.5, 0.6) is 0 Å². The molecule has 0 heterocycles. The smallest absolute Gasteiger partial charge is 0.517 e. The summed E-state index contributed by atoms with van der Waals surface area (Å²) in [4.78, 5) is 0. The van der Waals surface area contributed by atoms with Crippen LogP contribution in [0.3, 0.4) is 0 Å². The minimum absolute atomic E-state index is 0. The third-order valence-electron chi connectivity index (χ3n) is 0.500. The standard InChI is InChI=1S/C6H11.Li/c1-5-6(2,3)4;/h1,5H,2-4H3;/q-1;+1. The van der Waals surface area contributed by atoms with Crippen molar-refractivity contribution in [3.8, 4) is 0 Å². The molecule has 0 aliphatic rings. The maximum absolute atomic E-state index is 5.18. The Labute approximate surface area is 58.2 Å². The quantitative estimate of drug-likeness (QED) is 0.265. The minimum Gasteiger partial charge on any atom is -0.517 e. The molecule has 0 amide bonds. The summed E-state index contributed by atoms with van der Waals surface area (Å²) in [5.41, 5.74) is 0.194. The van der Waals surface area contributed by atoms with Crippen molar-refractivity contribution in [2.75, 3.05) is 0 Å². The van der Waals surface area contributed by atoms with E-state index >= 15 is 0 Å². The Hall–Kier alpha value is 0.337. The van der Waals surface area contributed by atoms with Gasteiger partial charge in [0.05, 0.1) is 0 Å². The fraction of sp³-hybridized carbons (Fsp3) is 0.667. The maximum atomic E-state index is 5.18. The van der Waals surface area contributed by atoms with Crippen LogP contribution >= 0.6 is 0 Å². The van der Waals surface area contributed by atoms with Crippen LogP contribution in [0.25, 0.3) is 0 Å². The second-order valence-corrected chi connectivity index (χ2v) is 2.53. The second-order valence-electron chi connectivity index (χ2n) is 2.53. The van der Waals surface area contributed by atoms with Crippen molar-refractivity contribution in [3.05, 3.63) is 12.7 Å². The molecule has 0 nitrogen and oxygen atoms in total. The van der Waals surface area contributed by atoms with Crippen LogP contribution in [0.4, 0.5) is 0 Å². The number of hydrogen-bond donors (Lipinski definition) is 0. The van der Waals surface area contributed by atoms with Gasteiger partial charge in [-0.25, -0.2) is 0 Å². The van der Waals surface area contributed by atoms with E-state index in [2.05, 4.69) is 20.8 Å². The molecule has 7 heavy (non-hydrogen) atoms. The van der Waals surface area contributed by atoms with Crippen molar-refractivity contribution in [3.63, 3.8) is 0 Å². The largest absolute Gasteiger partial charge is 1.00 e. The molecule has 0 atom stereocenters. The van der Waals surface area contributed by atoms with E-state index in [0.29, 0.717) is 0 Å². The van der Waals surface area contributed by atoms with Crippen LogP contribution in [-0.4, -0.2) is 0 Å². The summed E-state index contributed by atoms with van der Waals surface area (Å²) in [5, 5.41) is 0. The zero-order chi connectivity index (χ0) is 5.21. The predicted molar refractivity (Wildman–Crippen MR) is 28.3 cm³/mol. The molecular weight excluding hydrogens is 79.0 g/mol. The second kappa shape index (κ2) is 3.35. The third-order valence-corrected chi connectivity index (χ3v) is 0.500. The Morgan fingerprint density at radius 1 is 1.29 bits per heavy atom. The van der Waals surface area contributed by atoms with Gasteiger partial charge in [-0.1, -0.05) is 26.2 Å². The van der Waals surface area contributed by atoms with Crippen molar-refractivity contribution >= 4 is 0 Å². The summed E-state index contributed by atoms with van der Waals surface area (Å²) in [6.07, 6.45) is 1.69. The minimum atomic E-state index is 0. The summed E-state index contributed by atoms with van der Waals surface area (Å²) in [7, 11) is 0. The molecule has 0 saturated carbocycles. The van der Waals surface area contributed by atoms with E-state index in [1.54, 1.807) is 6.08 Å². The monoisotopic (exact) mass is 90.1 g/mol. The van der Waals surface area contributed by atoms with Crippen LogP contribution in [0.2, 0.25) is 0 Å².